The fourth-order valence-corrected chi connectivity index (χ4v) is 3.75. The highest BCUT2D eigenvalue weighted by Gasteiger charge is 2.18. The Morgan fingerprint density at radius 1 is 1.38 bits per heavy atom. The maximum absolute atomic E-state index is 11.2. The number of hydrogen-bond acceptors (Lipinski definition) is 7. The van der Waals surface area contributed by atoms with E-state index in [1.165, 1.54) is 17.7 Å². The first-order chi connectivity index (χ1) is 10.1. The van der Waals surface area contributed by atoms with Gasteiger partial charge in [0.05, 0.1) is 11.9 Å². The molecule has 0 saturated heterocycles. The predicted molar refractivity (Wildman–Crippen MR) is 83.3 cm³/mol. The molecule has 3 heterocycles. The SMILES string of the molecule is Cc1csc(CNc2ncnc3sc(C(=O)O)c(C)c23)n1. The molecule has 0 spiro atoms. The van der Waals surface area contributed by atoms with E-state index in [2.05, 4.69) is 20.3 Å². The van der Waals surface area contributed by atoms with Crippen molar-refractivity contribution in [3.63, 3.8) is 0 Å². The van der Waals surface area contributed by atoms with Crippen LogP contribution in [0.25, 0.3) is 10.2 Å². The van der Waals surface area contributed by atoms with Crippen molar-refractivity contribution in [3.05, 3.63) is 32.8 Å². The van der Waals surface area contributed by atoms with Gasteiger partial charge in [-0.1, -0.05) is 0 Å². The topological polar surface area (TPSA) is 88.0 Å². The van der Waals surface area contributed by atoms with Gasteiger partial charge < -0.3 is 10.4 Å². The van der Waals surface area contributed by atoms with Crippen LogP contribution in [0.3, 0.4) is 0 Å². The summed E-state index contributed by atoms with van der Waals surface area (Å²) >= 11 is 2.75. The Morgan fingerprint density at radius 2 is 2.19 bits per heavy atom. The molecule has 0 aliphatic heterocycles. The Hall–Kier alpha value is -2.06. The highest BCUT2D eigenvalue weighted by Crippen LogP contribution is 2.33. The number of anilines is 1. The molecule has 108 valence electrons. The molecule has 0 saturated carbocycles. The summed E-state index contributed by atoms with van der Waals surface area (Å²) in [4.78, 5) is 25.0. The van der Waals surface area contributed by atoms with Crippen LogP contribution in [0.1, 0.15) is 25.9 Å². The van der Waals surface area contributed by atoms with Gasteiger partial charge in [0.25, 0.3) is 0 Å². The molecule has 21 heavy (non-hydrogen) atoms. The Balaban J connectivity index is 1.96. The third-order valence-electron chi connectivity index (χ3n) is 2.99. The van der Waals surface area contributed by atoms with E-state index in [1.54, 1.807) is 18.3 Å². The highest BCUT2D eigenvalue weighted by molar-refractivity contribution is 7.20. The normalized spacial score (nSPS) is 11.0. The van der Waals surface area contributed by atoms with E-state index in [9.17, 15) is 9.90 Å². The van der Waals surface area contributed by atoms with Gasteiger partial charge in [-0.3, -0.25) is 0 Å². The van der Waals surface area contributed by atoms with E-state index in [4.69, 9.17) is 0 Å². The largest absolute Gasteiger partial charge is 0.477 e. The van der Waals surface area contributed by atoms with Gasteiger partial charge in [0.2, 0.25) is 0 Å². The second-order valence-electron chi connectivity index (χ2n) is 4.50. The molecule has 3 rings (SSSR count). The first-order valence-corrected chi connectivity index (χ1v) is 7.88. The molecule has 2 N–H and O–H groups in total. The first-order valence-electron chi connectivity index (χ1n) is 6.18. The van der Waals surface area contributed by atoms with Gasteiger partial charge in [-0.05, 0) is 19.4 Å². The van der Waals surface area contributed by atoms with Gasteiger partial charge in [0.15, 0.2) is 0 Å². The van der Waals surface area contributed by atoms with Crippen LogP contribution in [0.15, 0.2) is 11.7 Å². The summed E-state index contributed by atoms with van der Waals surface area (Å²) in [6, 6.07) is 0. The maximum Gasteiger partial charge on any atom is 0.346 e. The van der Waals surface area contributed by atoms with Crippen LogP contribution < -0.4 is 5.32 Å². The van der Waals surface area contributed by atoms with Gasteiger partial charge in [-0.25, -0.2) is 19.7 Å². The average molecular weight is 320 g/mol. The van der Waals surface area contributed by atoms with Gasteiger partial charge >= 0.3 is 5.97 Å². The Kier molecular flexibility index (Phi) is 3.56. The zero-order valence-electron chi connectivity index (χ0n) is 11.4. The van der Waals surface area contributed by atoms with E-state index in [-0.39, 0.29) is 0 Å². The van der Waals surface area contributed by atoms with Crippen LogP contribution in [-0.4, -0.2) is 26.0 Å². The maximum atomic E-state index is 11.2. The Bertz CT molecular complexity index is 825. The van der Waals surface area contributed by atoms with E-state index < -0.39 is 5.97 Å². The molecule has 0 amide bonds. The van der Waals surface area contributed by atoms with E-state index in [0.29, 0.717) is 27.6 Å². The molecule has 0 aromatic carbocycles. The van der Waals surface area contributed by atoms with Crippen molar-refractivity contribution in [1.82, 2.24) is 15.0 Å². The van der Waals surface area contributed by atoms with Crippen molar-refractivity contribution in [2.45, 2.75) is 20.4 Å². The van der Waals surface area contributed by atoms with Crippen LogP contribution in [0, 0.1) is 13.8 Å². The molecule has 3 aromatic heterocycles. The number of fused-ring (bicyclic) bond motifs is 1. The lowest BCUT2D eigenvalue weighted by Crippen LogP contribution is -2.02. The highest BCUT2D eigenvalue weighted by atomic mass is 32.1. The standard InChI is InChI=1S/C13H12N4O2S2/c1-6-4-20-8(17-6)3-14-11-9-7(2)10(13(18)19)21-12(9)16-5-15-11/h4-5H,3H2,1-2H3,(H,18,19)(H,14,15,16). The van der Waals surface area contributed by atoms with Gasteiger partial charge in [-0.15, -0.1) is 22.7 Å². The third-order valence-corrected chi connectivity index (χ3v) is 5.15. The fraction of sp³-hybridized carbons (Fsp3) is 0.231. The van der Waals surface area contributed by atoms with Gasteiger partial charge in [0, 0.05) is 11.1 Å². The first kappa shape index (κ1) is 13.9. The van der Waals surface area contributed by atoms with Crippen molar-refractivity contribution in [3.8, 4) is 0 Å². The number of carboxylic acids is 1. The summed E-state index contributed by atoms with van der Waals surface area (Å²) in [5, 5.41) is 16.1. The minimum Gasteiger partial charge on any atom is -0.477 e. The number of carbonyl (C=O) groups is 1. The number of aryl methyl sites for hydroxylation is 2. The summed E-state index contributed by atoms with van der Waals surface area (Å²) in [7, 11) is 0. The summed E-state index contributed by atoms with van der Waals surface area (Å²) in [5.74, 6) is -0.286. The van der Waals surface area contributed by atoms with Crippen molar-refractivity contribution in [2.24, 2.45) is 0 Å². The second-order valence-corrected chi connectivity index (χ2v) is 6.44. The van der Waals surface area contributed by atoms with Crippen LogP contribution in [-0.2, 0) is 6.54 Å². The van der Waals surface area contributed by atoms with Crippen LogP contribution >= 0.6 is 22.7 Å². The lowest BCUT2D eigenvalue weighted by Gasteiger charge is -2.05. The smallest absolute Gasteiger partial charge is 0.346 e. The number of carboxylic acid groups (broad SMARTS) is 1. The number of thiazole rings is 1. The summed E-state index contributed by atoms with van der Waals surface area (Å²) in [6.45, 7) is 4.29. The zero-order valence-corrected chi connectivity index (χ0v) is 13.0. The number of rotatable bonds is 4. The number of aromatic nitrogens is 3. The molecule has 0 unspecified atom stereocenters. The number of nitrogens with one attached hydrogen (secondary N) is 1. The number of thiophene rings is 1. The summed E-state index contributed by atoms with van der Waals surface area (Å²) in [5.41, 5.74) is 1.69. The summed E-state index contributed by atoms with van der Waals surface area (Å²) < 4.78 is 0. The van der Waals surface area contributed by atoms with E-state index in [0.717, 1.165) is 16.1 Å². The molecule has 6 nitrogen and oxygen atoms in total. The molecule has 0 aliphatic rings. The number of aromatic carboxylic acids is 1. The molecular formula is C13H12N4O2S2. The summed E-state index contributed by atoms with van der Waals surface area (Å²) in [6.07, 6.45) is 1.44. The van der Waals surface area contributed by atoms with E-state index in [1.807, 2.05) is 12.3 Å². The minimum absolute atomic E-state index is 0.304. The fourth-order valence-electron chi connectivity index (χ4n) is 2.05. The Morgan fingerprint density at radius 3 is 2.86 bits per heavy atom. The van der Waals surface area contributed by atoms with Gasteiger partial charge in [-0.2, -0.15) is 0 Å². The van der Waals surface area contributed by atoms with Gasteiger partial charge in [0.1, 0.15) is 26.9 Å². The van der Waals surface area contributed by atoms with Crippen molar-refractivity contribution in [2.75, 3.05) is 5.32 Å². The van der Waals surface area contributed by atoms with Crippen LogP contribution in [0.5, 0.6) is 0 Å². The molecule has 3 aromatic rings. The van der Waals surface area contributed by atoms with Crippen LogP contribution in [0.2, 0.25) is 0 Å². The lowest BCUT2D eigenvalue weighted by atomic mass is 10.2. The molecule has 0 bridgehead atoms. The molecule has 0 aliphatic carbocycles. The number of nitrogens with zero attached hydrogens (tertiary/aromatic N) is 3. The minimum atomic E-state index is -0.933. The predicted octanol–water partition coefficient (Wildman–Crippen LogP) is 3.07. The average Bonchev–Trinajstić information content (AvgIpc) is 3.01. The lowest BCUT2D eigenvalue weighted by molar-refractivity contribution is 0.0701. The molecule has 0 fully saturated rings. The van der Waals surface area contributed by atoms with Crippen molar-refractivity contribution >= 4 is 44.7 Å². The molecule has 0 radical (unpaired) electrons. The third kappa shape index (κ3) is 2.59. The van der Waals surface area contributed by atoms with E-state index >= 15 is 0 Å². The van der Waals surface area contributed by atoms with Crippen molar-refractivity contribution in [1.29, 1.82) is 0 Å². The molecule has 0 atom stereocenters. The molecule has 8 heteroatoms. The number of hydrogen-bond donors (Lipinski definition) is 2. The van der Waals surface area contributed by atoms with Crippen LogP contribution in [0.4, 0.5) is 5.82 Å². The quantitative estimate of drug-likeness (QED) is 0.768. The monoisotopic (exact) mass is 320 g/mol. The zero-order chi connectivity index (χ0) is 15.0. The Labute approximate surface area is 128 Å². The molecular weight excluding hydrogens is 308 g/mol. The van der Waals surface area contributed by atoms with Crippen molar-refractivity contribution < 1.29 is 9.90 Å². The second kappa shape index (κ2) is 5.38.